The van der Waals surface area contributed by atoms with Gasteiger partial charge in [-0.15, -0.1) is 0 Å². The fourth-order valence-electron chi connectivity index (χ4n) is 2.27. The van der Waals surface area contributed by atoms with E-state index in [2.05, 4.69) is 0 Å². The van der Waals surface area contributed by atoms with E-state index in [9.17, 15) is 9.90 Å². The van der Waals surface area contributed by atoms with Gasteiger partial charge in [0.1, 0.15) is 11.5 Å². The molecule has 0 heterocycles. The largest absolute Gasteiger partial charge is 0.497 e. The average Bonchev–Trinajstić information content (AvgIpc) is 2.55. The first-order valence-electron chi connectivity index (χ1n) is 7.38. The summed E-state index contributed by atoms with van der Waals surface area (Å²) in [6.07, 6.45) is 1.65. The van der Waals surface area contributed by atoms with Gasteiger partial charge in [-0.05, 0) is 60.9 Å². The molecule has 23 heavy (non-hydrogen) atoms. The van der Waals surface area contributed by atoms with Crippen molar-refractivity contribution in [3.05, 3.63) is 59.2 Å². The fraction of sp³-hybridized carbons (Fsp3) is 0.211. The van der Waals surface area contributed by atoms with Crippen molar-refractivity contribution in [2.75, 3.05) is 13.7 Å². The second-order valence-electron chi connectivity index (χ2n) is 5.05. The van der Waals surface area contributed by atoms with E-state index in [0.29, 0.717) is 12.2 Å². The van der Waals surface area contributed by atoms with Crippen LogP contribution in [0.2, 0.25) is 0 Å². The number of methoxy groups -OCH3 is 1. The fourth-order valence-corrected chi connectivity index (χ4v) is 2.27. The molecule has 0 aromatic heterocycles. The number of ether oxygens (including phenoxy) is 2. The molecule has 2 aromatic carbocycles. The molecule has 0 aliphatic rings. The van der Waals surface area contributed by atoms with Gasteiger partial charge in [0.2, 0.25) is 0 Å². The quantitative estimate of drug-likeness (QED) is 0.646. The molecule has 1 N–H and O–H groups in total. The van der Waals surface area contributed by atoms with Crippen molar-refractivity contribution in [3.63, 3.8) is 0 Å². The van der Waals surface area contributed by atoms with Gasteiger partial charge in [-0.3, -0.25) is 0 Å². The molecule has 0 saturated carbocycles. The average molecular weight is 312 g/mol. The van der Waals surface area contributed by atoms with Crippen LogP contribution in [0.5, 0.6) is 11.5 Å². The Morgan fingerprint density at radius 2 is 1.87 bits per heavy atom. The first kappa shape index (κ1) is 16.6. The van der Waals surface area contributed by atoms with E-state index in [1.165, 1.54) is 0 Å². The first-order chi connectivity index (χ1) is 11.0. The molecule has 120 valence electrons. The van der Waals surface area contributed by atoms with E-state index in [0.717, 1.165) is 22.6 Å². The van der Waals surface area contributed by atoms with Crippen LogP contribution in [0, 0.1) is 6.92 Å². The maximum atomic E-state index is 11.6. The van der Waals surface area contributed by atoms with Crippen molar-refractivity contribution in [1.82, 2.24) is 0 Å². The van der Waals surface area contributed by atoms with Gasteiger partial charge in [0.05, 0.1) is 19.3 Å². The van der Waals surface area contributed by atoms with Gasteiger partial charge < -0.3 is 14.6 Å². The molecule has 0 amide bonds. The standard InChI is InChI=1S/C19H20O4/c1-4-23-18-10-7-15(11-13(18)2)17(19(20)21)12-14-5-8-16(22-3)9-6-14/h5-12H,4H2,1-3H3,(H,20,21)/b17-12-. The Labute approximate surface area is 136 Å². The smallest absolute Gasteiger partial charge is 0.336 e. The number of carbonyl (C=O) groups is 1. The lowest BCUT2D eigenvalue weighted by molar-refractivity contribution is -0.130. The predicted molar refractivity (Wildman–Crippen MR) is 90.8 cm³/mol. The lowest BCUT2D eigenvalue weighted by Gasteiger charge is -2.10. The molecule has 4 nitrogen and oxygen atoms in total. The third kappa shape index (κ3) is 4.13. The van der Waals surface area contributed by atoms with Crippen LogP contribution >= 0.6 is 0 Å². The summed E-state index contributed by atoms with van der Waals surface area (Å²) in [5.74, 6) is 0.533. The highest BCUT2D eigenvalue weighted by atomic mass is 16.5. The molecular weight excluding hydrogens is 292 g/mol. The van der Waals surface area contributed by atoms with Crippen LogP contribution in [0.15, 0.2) is 42.5 Å². The molecule has 4 heteroatoms. The maximum absolute atomic E-state index is 11.6. The van der Waals surface area contributed by atoms with Crippen LogP contribution in [0.1, 0.15) is 23.6 Å². The third-order valence-corrected chi connectivity index (χ3v) is 3.44. The van der Waals surface area contributed by atoms with Crippen LogP contribution in [-0.2, 0) is 4.79 Å². The number of carboxylic acid groups (broad SMARTS) is 1. The van der Waals surface area contributed by atoms with E-state index in [4.69, 9.17) is 9.47 Å². The second-order valence-corrected chi connectivity index (χ2v) is 5.05. The molecule has 0 radical (unpaired) electrons. The molecule has 0 fully saturated rings. The second kappa shape index (κ2) is 7.49. The summed E-state index contributed by atoms with van der Waals surface area (Å²) in [6, 6.07) is 12.6. The zero-order chi connectivity index (χ0) is 16.8. The van der Waals surface area contributed by atoms with Crippen molar-refractivity contribution in [2.45, 2.75) is 13.8 Å². The van der Waals surface area contributed by atoms with Gasteiger partial charge in [0.25, 0.3) is 0 Å². The summed E-state index contributed by atoms with van der Waals surface area (Å²) in [7, 11) is 1.59. The van der Waals surface area contributed by atoms with Crippen LogP contribution in [0.25, 0.3) is 11.6 Å². The number of aryl methyl sites for hydroxylation is 1. The summed E-state index contributed by atoms with van der Waals surface area (Å²) in [6.45, 7) is 4.40. The molecule has 0 unspecified atom stereocenters. The number of rotatable bonds is 6. The minimum Gasteiger partial charge on any atom is -0.497 e. The van der Waals surface area contributed by atoms with E-state index in [1.807, 2.05) is 32.0 Å². The van der Waals surface area contributed by atoms with Crippen LogP contribution in [0.3, 0.4) is 0 Å². The molecular formula is C19H20O4. The highest BCUT2D eigenvalue weighted by molar-refractivity contribution is 6.20. The van der Waals surface area contributed by atoms with Crippen LogP contribution in [0.4, 0.5) is 0 Å². The Kier molecular flexibility index (Phi) is 5.41. The van der Waals surface area contributed by atoms with Gasteiger partial charge in [-0.1, -0.05) is 18.2 Å². The van der Waals surface area contributed by atoms with Gasteiger partial charge in [0, 0.05) is 0 Å². The minimum atomic E-state index is -0.968. The maximum Gasteiger partial charge on any atom is 0.336 e. The predicted octanol–water partition coefficient (Wildman–Crippen LogP) is 4.03. The van der Waals surface area contributed by atoms with Crippen LogP contribution in [-0.4, -0.2) is 24.8 Å². The number of benzene rings is 2. The number of hydrogen-bond donors (Lipinski definition) is 1. The molecule has 0 aliphatic carbocycles. The van der Waals surface area contributed by atoms with Crippen LogP contribution < -0.4 is 9.47 Å². The minimum absolute atomic E-state index is 0.237. The lowest BCUT2D eigenvalue weighted by atomic mass is 10.0. The van der Waals surface area contributed by atoms with Crippen molar-refractivity contribution in [1.29, 1.82) is 0 Å². The molecule has 2 rings (SSSR count). The van der Waals surface area contributed by atoms with E-state index in [1.54, 1.807) is 37.5 Å². The molecule has 0 aliphatic heterocycles. The van der Waals surface area contributed by atoms with Crippen molar-refractivity contribution in [2.24, 2.45) is 0 Å². The summed E-state index contributed by atoms with van der Waals surface area (Å²) < 4.78 is 10.6. The molecule has 2 aromatic rings. The molecule has 0 spiro atoms. The number of aliphatic carboxylic acids is 1. The monoisotopic (exact) mass is 312 g/mol. The SMILES string of the molecule is CCOc1ccc(/C(=C/c2ccc(OC)cc2)C(=O)O)cc1C. The zero-order valence-corrected chi connectivity index (χ0v) is 13.5. The number of hydrogen-bond acceptors (Lipinski definition) is 3. The summed E-state index contributed by atoms with van der Waals surface area (Å²) in [4.78, 5) is 11.6. The first-order valence-corrected chi connectivity index (χ1v) is 7.38. The van der Waals surface area contributed by atoms with Crippen molar-refractivity contribution < 1.29 is 19.4 Å². The Morgan fingerprint density at radius 1 is 1.17 bits per heavy atom. The Hall–Kier alpha value is -2.75. The molecule has 0 bridgehead atoms. The van der Waals surface area contributed by atoms with E-state index >= 15 is 0 Å². The zero-order valence-electron chi connectivity index (χ0n) is 13.5. The summed E-state index contributed by atoms with van der Waals surface area (Å²) in [5.41, 5.74) is 2.59. The van der Waals surface area contributed by atoms with E-state index in [-0.39, 0.29) is 5.57 Å². The molecule has 0 atom stereocenters. The van der Waals surface area contributed by atoms with Gasteiger partial charge in [-0.2, -0.15) is 0 Å². The lowest BCUT2D eigenvalue weighted by Crippen LogP contribution is -2.01. The number of carboxylic acids is 1. The van der Waals surface area contributed by atoms with Crippen molar-refractivity contribution in [3.8, 4) is 11.5 Å². The highest BCUT2D eigenvalue weighted by Gasteiger charge is 2.12. The Bertz CT molecular complexity index is 715. The van der Waals surface area contributed by atoms with Gasteiger partial charge in [0.15, 0.2) is 0 Å². The normalized spacial score (nSPS) is 11.2. The topological polar surface area (TPSA) is 55.8 Å². The summed E-state index contributed by atoms with van der Waals surface area (Å²) >= 11 is 0. The van der Waals surface area contributed by atoms with E-state index < -0.39 is 5.97 Å². The van der Waals surface area contributed by atoms with Crippen molar-refractivity contribution >= 4 is 17.6 Å². The van der Waals surface area contributed by atoms with Gasteiger partial charge >= 0.3 is 5.97 Å². The Morgan fingerprint density at radius 3 is 2.39 bits per heavy atom. The van der Waals surface area contributed by atoms with Gasteiger partial charge in [-0.25, -0.2) is 4.79 Å². The summed E-state index contributed by atoms with van der Waals surface area (Å²) in [5, 5.41) is 9.53. The third-order valence-electron chi connectivity index (χ3n) is 3.44. The molecule has 0 saturated heterocycles. The Balaban J connectivity index is 2.39. The highest BCUT2D eigenvalue weighted by Crippen LogP contribution is 2.25.